The first kappa shape index (κ1) is 21.1. The Bertz CT molecular complexity index is 1100. The van der Waals surface area contributed by atoms with Crippen LogP contribution in [0.3, 0.4) is 0 Å². The second-order valence-corrected chi connectivity index (χ2v) is 8.53. The molecule has 29 heavy (non-hydrogen) atoms. The highest BCUT2D eigenvalue weighted by Gasteiger charge is 2.16. The van der Waals surface area contributed by atoms with Gasteiger partial charge in [0.2, 0.25) is 5.91 Å². The summed E-state index contributed by atoms with van der Waals surface area (Å²) in [6, 6.07) is 16.3. The lowest BCUT2D eigenvalue weighted by atomic mass is 10.1. The Hall–Kier alpha value is -2.57. The monoisotopic (exact) mass is 427 g/mol. The number of amides is 1. The summed E-state index contributed by atoms with van der Waals surface area (Å²) in [5.41, 5.74) is 3.59. The molecule has 2 aromatic carbocycles. The number of nitrogens with one attached hydrogen (secondary N) is 1. The van der Waals surface area contributed by atoms with Gasteiger partial charge >= 0.3 is 0 Å². The Morgan fingerprint density at radius 2 is 1.90 bits per heavy atom. The number of rotatable bonds is 6. The van der Waals surface area contributed by atoms with Crippen LogP contribution < -0.4 is 10.9 Å². The molecule has 0 bridgehead atoms. The smallest absolute Gasteiger partial charge is 0.271 e. The average Bonchev–Trinajstić information content (AvgIpc) is 2.70. The number of hydrogen-bond acceptors (Lipinski definition) is 4. The molecular formula is C22H22ClN3O2S. The molecule has 1 N–H and O–H groups in total. The van der Waals surface area contributed by atoms with Gasteiger partial charge in [-0.15, -0.1) is 0 Å². The van der Waals surface area contributed by atoms with Crippen LogP contribution in [0.15, 0.2) is 64.4 Å². The van der Waals surface area contributed by atoms with Crippen molar-refractivity contribution in [1.82, 2.24) is 15.1 Å². The number of aryl methyl sites for hydroxylation is 2. The lowest BCUT2D eigenvalue weighted by Gasteiger charge is -2.13. The van der Waals surface area contributed by atoms with Crippen molar-refractivity contribution in [2.75, 3.05) is 0 Å². The number of benzene rings is 2. The molecule has 1 amide bonds. The van der Waals surface area contributed by atoms with E-state index in [-0.39, 0.29) is 16.7 Å². The lowest BCUT2D eigenvalue weighted by Crippen LogP contribution is -2.30. The molecule has 0 aliphatic rings. The van der Waals surface area contributed by atoms with E-state index in [1.165, 1.54) is 22.5 Å². The molecule has 0 saturated carbocycles. The minimum atomic E-state index is -0.379. The molecule has 1 unspecified atom stereocenters. The third kappa shape index (κ3) is 5.28. The van der Waals surface area contributed by atoms with Crippen LogP contribution in [-0.2, 0) is 11.3 Å². The van der Waals surface area contributed by atoms with Gasteiger partial charge in [0.1, 0.15) is 5.03 Å². The summed E-state index contributed by atoms with van der Waals surface area (Å²) in [6.45, 7) is 6.18. The molecule has 0 aliphatic heterocycles. The van der Waals surface area contributed by atoms with E-state index >= 15 is 0 Å². The summed E-state index contributed by atoms with van der Waals surface area (Å²) in [5.74, 6) is -0.124. The molecule has 3 aromatic rings. The molecule has 150 valence electrons. The summed E-state index contributed by atoms with van der Waals surface area (Å²) in [7, 11) is 0. The zero-order valence-electron chi connectivity index (χ0n) is 16.5. The number of carbonyl (C=O) groups excluding carboxylic acids is 1. The van der Waals surface area contributed by atoms with E-state index in [2.05, 4.69) is 10.4 Å². The Balaban J connectivity index is 1.71. The van der Waals surface area contributed by atoms with Gasteiger partial charge in [-0.2, -0.15) is 9.78 Å². The zero-order valence-corrected chi connectivity index (χ0v) is 18.1. The van der Waals surface area contributed by atoms with E-state index < -0.39 is 0 Å². The molecule has 3 rings (SSSR count). The fourth-order valence-electron chi connectivity index (χ4n) is 2.70. The fraction of sp³-hybridized carbons (Fsp3) is 0.227. The SMILES string of the molecule is Cc1ccc(-n2nc(SC(C)C(=O)NCc3ccccc3Cl)ccc2=O)cc1C. The average molecular weight is 428 g/mol. The van der Waals surface area contributed by atoms with Gasteiger partial charge in [-0.05, 0) is 61.7 Å². The van der Waals surface area contributed by atoms with Crippen molar-refractivity contribution in [3.05, 3.63) is 86.7 Å². The maximum Gasteiger partial charge on any atom is 0.271 e. The van der Waals surface area contributed by atoms with Gasteiger partial charge in [-0.1, -0.05) is 47.6 Å². The highest BCUT2D eigenvalue weighted by Crippen LogP contribution is 2.21. The number of halogens is 1. The summed E-state index contributed by atoms with van der Waals surface area (Å²) in [6.07, 6.45) is 0. The molecular weight excluding hydrogens is 406 g/mol. The van der Waals surface area contributed by atoms with Gasteiger partial charge in [-0.3, -0.25) is 9.59 Å². The number of thioether (sulfide) groups is 1. The quantitative estimate of drug-likeness (QED) is 0.595. The highest BCUT2D eigenvalue weighted by atomic mass is 35.5. The molecule has 5 nitrogen and oxygen atoms in total. The van der Waals surface area contributed by atoms with Crippen molar-refractivity contribution < 1.29 is 4.79 Å². The largest absolute Gasteiger partial charge is 0.351 e. The molecule has 0 aliphatic carbocycles. The van der Waals surface area contributed by atoms with Crippen LogP contribution in [-0.4, -0.2) is 20.9 Å². The van der Waals surface area contributed by atoms with Crippen LogP contribution in [0.4, 0.5) is 0 Å². The summed E-state index contributed by atoms with van der Waals surface area (Å²) >= 11 is 7.43. The first-order valence-electron chi connectivity index (χ1n) is 9.21. The fourth-order valence-corrected chi connectivity index (χ4v) is 3.73. The van der Waals surface area contributed by atoms with Crippen molar-refractivity contribution in [1.29, 1.82) is 0 Å². The Labute approximate surface area is 179 Å². The number of aromatic nitrogens is 2. The third-order valence-corrected chi connectivity index (χ3v) is 5.98. The summed E-state index contributed by atoms with van der Waals surface area (Å²) in [5, 5.41) is 8.17. The minimum Gasteiger partial charge on any atom is -0.351 e. The van der Waals surface area contributed by atoms with E-state index in [0.717, 1.165) is 16.7 Å². The summed E-state index contributed by atoms with van der Waals surface area (Å²) in [4.78, 5) is 24.7. The molecule has 1 heterocycles. The van der Waals surface area contributed by atoms with E-state index in [1.807, 2.05) is 50.2 Å². The van der Waals surface area contributed by atoms with Crippen molar-refractivity contribution in [3.63, 3.8) is 0 Å². The third-order valence-electron chi connectivity index (χ3n) is 4.59. The van der Waals surface area contributed by atoms with E-state index in [1.54, 1.807) is 19.1 Å². The van der Waals surface area contributed by atoms with Crippen LogP contribution in [0.5, 0.6) is 0 Å². The maximum atomic E-state index is 12.5. The predicted molar refractivity (Wildman–Crippen MR) is 118 cm³/mol. The van der Waals surface area contributed by atoms with Gasteiger partial charge in [0.15, 0.2) is 0 Å². The van der Waals surface area contributed by atoms with Crippen LogP contribution in [0.25, 0.3) is 5.69 Å². The van der Waals surface area contributed by atoms with Crippen molar-refractivity contribution in [2.45, 2.75) is 37.6 Å². The molecule has 0 spiro atoms. The normalized spacial score (nSPS) is 11.9. The minimum absolute atomic E-state index is 0.124. The summed E-state index contributed by atoms with van der Waals surface area (Å²) < 4.78 is 1.36. The molecule has 0 saturated heterocycles. The molecule has 0 fully saturated rings. The van der Waals surface area contributed by atoms with E-state index in [0.29, 0.717) is 22.3 Å². The van der Waals surface area contributed by atoms with Crippen molar-refractivity contribution in [3.8, 4) is 5.69 Å². The number of carbonyl (C=O) groups is 1. The second kappa shape index (κ2) is 9.29. The van der Waals surface area contributed by atoms with Gasteiger partial charge in [0, 0.05) is 17.6 Å². The van der Waals surface area contributed by atoms with Crippen LogP contribution in [0.1, 0.15) is 23.6 Å². The van der Waals surface area contributed by atoms with E-state index in [9.17, 15) is 9.59 Å². The maximum absolute atomic E-state index is 12.5. The van der Waals surface area contributed by atoms with Crippen LogP contribution in [0.2, 0.25) is 5.02 Å². The van der Waals surface area contributed by atoms with Crippen molar-refractivity contribution >= 4 is 29.3 Å². The lowest BCUT2D eigenvalue weighted by molar-refractivity contribution is -0.120. The van der Waals surface area contributed by atoms with Crippen molar-refractivity contribution in [2.24, 2.45) is 0 Å². The Kier molecular flexibility index (Phi) is 6.77. The van der Waals surface area contributed by atoms with Crippen LogP contribution >= 0.6 is 23.4 Å². The number of hydrogen-bond donors (Lipinski definition) is 1. The zero-order chi connectivity index (χ0) is 21.0. The van der Waals surface area contributed by atoms with Gasteiger partial charge in [-0.25, -0.2) is 0 Å². The molecule has 1 atom stereocenters. The van der Waals surface area contributed by atoms with Gasteiger partial charge in [0.05, 0.1) is 10.9 Å². The second-order valence-electron chi connectivity index (χ2n) is 6.76. The van der Waals surface area contributed by atoms with Gasteiger partial charge in [0.25, 0.3) is 5.56 Å². The van der Waals surface area contributed by atoms with Gasteiger partial charge < -0.3 is 5.32 Å². The first-order chi connectivity index (χ1) is 13.8. The highest BCUT2D eigenvalue weighted by molar-refractivity contribution is 8.00. The Morgan fingerprint density at radius 1 is 1.14 bits per heavy atom. The standard InChI is InChI=1S/C22H22ClN3O2S/c1-14-8-9-18(12-15(14)2)26-21(27)11-10-20(25-26)29-16(3)22(28)24-13-17-6-4-5-7-19(17)23/h4-12,16H,13H2,1-3H3,(H,24,28). The molecule has 7 heteroatoms. The number of nitrogens with zero attached hydrogens (tertiary/aromatic N) is 2. The topological polar surface area (TPSA) is 64.0 Å². The Morgan fingerprint density at radius 3 is 2.62 bits per heavy atom. The van der Waals surface area contributed by atoms with E-state index in [4.69, 9.17) is 11.6 Å². The molecule has 0 radical (unpaired) electrons. The van der Waals surface area contributed by atoms with Crippen LogP contribution in [0, 0.1) is 13.8 Å². The first-order valence-corrected chi connectivity index (χ1v) is 10.5. The molecule has 1 aromatic heterocycles. The predicted octanol–water partition coefficient (Wildman–Crippen LogP) is 4.30.